The molecule has 0 atom stereocenters. The number of carbonyl (C=O) groups is 1. The number of carbonyl (C=O) groups excluding carboxylic acids is 1. The maximum absolute atomic E-state index is 12.0. The summed E-state index contributed by atoms with van der Waals surface area (Å²) >= 11 is 0. The Morgan fingerprint density at radius 3 is 2.30 bits per heavy atom. The lowest BCUT2D eigenvalue weighted by Crippen LogP contribution is -2.14. The van der Waals surface area contributed by atoms with Gasteiger partial charge in [0.2, 0.25) is 5.75 Å². The van der Waals surface area contributed by atoms with Gasteiger partial charge in [0.15, 0.2) is 11.5 Å². The number of ether oxygens (including phenoxy) is 3. The Labute approximate surface area is 120 Å². The lowest BCUT2D eigenvalue weighted by Gasteiger charge is -2.14. The summed E-state index contributed by atoms with van der Waals surface area (Å²) in [6.45, 7) is 0.367. The summed E-state index contributed by atoms with van der Waals surface area (Å²) in [5, 5.41) is 0. The normalized spacial score (nSPS) is 15.1. The number of rotatable bonds is 7. The number of methoxy groups -OCH3 is 2. The lowest BCUT2D eigenvalue weighted by atomic mass is 10.0. The van der Waals surface area contributed by atoms with Crippen molar-refractivity contribution in [2.75, 3.05) is 20.8 Å². The van der Waals surface area contributed by atoms with Gasteiger partial charge in [-0.1, -0.05) is 18.9 Å². The van der Waals surface area contributed by atoms with Crippen LogP contribution >= 0.6 is 0 Å². The molecule has 20 heavy (non-hydrogen) atoms. The summed E-state index contributed by atoms with van der Waals surface area (Å²) in [6.07, 6.45) is 4.88. The molecule has 2 rings (SSSR count). The Bertz CT molecular complexity index is 428. The highest BCUT2D eigenvalue weighted by atomic mass is 16.5. The highest BCUT2D eigenvalue weighted by Gasteiger charge is 2.22. The molecule has 1 aromatic rings. The topological polar surface area (TPSA) is 44.8 Å². The predicted octanol–water partition coefficient (Wildman–Crippen LogP) is 3.23. The highest BCUT2D eigenvalue weighted by Crippen LogP contribution is 2.37. The zero-order valence-corrected chi connectivity index (χ0v) is 12.2. The second-order valence-electron chi connectivity index (χ2n) is 5.04. The van der Waals surface area contributed by atoms with E-state index in [1.165, 1.54) is 12.8 Å². The third-order valence-electron chi connectivity index (χ3n) is 3.79. The van der Waals surface area contributed by atoms with Crippen molar-refractivity contribution in [3.05, 3.63) is 18.2 Å². The van der Waals surface area contributed by atoms with Gasteiger partial charge in [0.1, 0.15) is 5.78 Å². The van der Waals surface area contributed by atoms with Gasteiger partial charge in [-0.25, -0.2) is 0 Å². The first-order valence-corrected chi connectivity index (χ1v) is 7.12. The highest BCUT2D eigenvalue weighted by molar-refractivity contribution is 5.81. The summed E-state index contributed by atoms with van der Waals surface area (Å²) in [5.41, 5.74) is 0. The summed E-state index contributed by atoms with van der Waals surface area (Å²) in [4.78, 5) is 12.0. The standard InChI is InChI=1S/C16H22O4/c1-18-14-8-5-9-15(19-2)16(14)20-11-10-13(17)12-6-3-4-7-12/h5,8-9,12H,3-4,6-7,10-11H2,1-2H3. The average molecular weight is 278 g/mol. The van der Waals surface area contributed by atoms with Crippen molar-refractivity contribution in [2.45, 2.75) is 32.1 Å². The quantitative estimate of drug-likeness (QED) is 0.768. The molecule has 0 heterocycles. The average Bonchev–Trinajstić information content (AvgIpc) is 3.01. The molecule has 1 aliphatic rings. The first-order valence-electron chi connectivity index (χ1n) is 7.12. The second kappa shape index (κ2) is 7.17. The fourth-order valence-corrected chi connectivity index (χ4v) is 2.67. The van der Waals surface area contributed by atoms with Crippen molar-refractivity contribution in [1.29, 1.82) is 0 Å². The molecule has 1 aromatic carbocycles. The molecule has 110 valence electrons. The van der Waals surface area contributed by atoms with Gasteiger partial charge in [-0.15, -0.1) is 0 Å². The van der Waals surface area contributed by atoms with Crippen LogP contribution in [0.25, 0.3) is 0 Å². The number of benzene rings is 1. The molecule has 1 fully saturated rings. The molecule has 0 unspecified atom stereocenters. The van der Waals surface area contributed by atoms with E-state index in [1.807, 2.05) is 18.2 Å². The SMILES string of the molecule is COc1cccc(OC)c1OCCC(=O)C1CCCC1. The third-order valence-corrected chi connectivity index (χ3v) is 3.79. The van der Waals surface area contributed by atoms with Crippen molar-refractivity contribution in [1.82, 2.24) is 0 Å². The number of para-hydroxylation sites is 1. The van der Waals surface area contributed by atoms with E-state index in [0.717, 1.165) is 12.8 Å². The van der Waals surface area contributed by atoms with Crippen LogP contribution in [0, 0.1) is 5.92 Å². The summed E-state index contributed by atoms with van der Waals surface area (Å²) in [7, 11) is 3.18. The third kappa shape index (κ3) is 3.44. The molecule has 0 aliphatic heterocycles. The van der Waals surface area contributed by atoms with Crippen molar-refractivity contribution in [2.24, 2.45) is 5.92 Å². The van der Waals surface area contributed by atoms with Crippen molar-refractivity contribution >= 4 is 5.78 Å². The van der Waals surface area contributed by atoms with Crippen LogP contribution in [0.3, 0.4) is 0 Å². The van der Waals surface area contributed by atoms with E-state index in [-0.39, 0.29) is 5.92 Å². The Balaban J connectivity index is 1.91. The van der Waals surface area contributed by atoms with Crippen LogP contribution < -0.4 is 14.2 Å². The van der Waals surface area contributed by atoms with Crippen molar-refractivity contribution in [3.63, 3.8) is 0 Å². The van der Waals surface area contributed by atoms with Gasteiger partial charge in [-0.05, 0) is 25.0 Å². The van der Waals surface area contributed by atoms with Crippen molar-refractivity contribution < 1.29 is 19.0 Å². The summed E-state index contributed by atoms with van der Waals surface area (Å²) in [6, 6.07) is 5.47. The molecule has 0 saturated heterocycles. The van der Waals surface area contributed by atoms with Crippen LogP contribution in [-0.2, 0) is 4.79 Å². The molecule has 0 aromatic heterocycles. The molecule has 1 saturated carbocycles. The maximum atomic E-state index is 12.0. The van der Waals surface area contributed by atoms with Crippen LogP contribution in [0.1, 0.15) is 32.1 Å². The van der Waals surface area contributed by atoms with Gasteiger partial charge in [-0.2, -0.15) is 0 Å². The molecule has 0 N–H and O–H groups in total. The van der Waals surface area contributed by atoms with Crippen LogP contribution in [-0.4, -0.2) is 26.6 Å². The molecule has 0 spiro atoms. The monoisotopic (exact) mass is 278 g/mol. The molecule has 0 amide bonds. The van der Waals surface area contributed by atoms with Gasteiger partial charge >= 0.3 is 0 Å². The first-order chi connectivity index (χ1) is 9.76. The molecule has 0 radical (unpaired) electrons. The minimum absolute atomic E-state index is 0.248. The molecule has 1 aliphatic carbocycles. The Kier molecular flexibility index (Phi) is 5.27. The van der Waals surface area contributed by atoms with E-state index < -0.39 is 0 Å². The smallest absolute Gasteiger partial charge is 0.203 e. The van der Waals surface area contributed by atoms with E-state index >= 15 is 0 Å². The minimum Gasteiger partial charge on any atom is -0.493 e. The predicted molar refractivity (Wildman–Crippen MR) is 76.6 cm³/mol. The fourth-order valence-electron chi connectivity index (χ4n) is 2.67. The number of Topliss-reactive ketones (excluding diaryl/α,β-unsaturated/α-hetero) is 1. The van der Waals surface area contributed by atoms with E-state index in [0.29, 0.717) is 36.1 Å². The molecule has 4 nitrogen and oxygen atoms in total. The second-order valence-corrected chi connectivity index (χ2v) is 5.04. The van der Waals surface area contributed by atoms with Gasteiger partial charge in [-0.3, -0.25) is 4.79 Å². The Morgan fingerprint density at radius 1 is 1.15 bits per heavy atom. The largest absolute Gasteiger partial charge is 0.493 e. The number of hydrogen-bond acceptors (Lipinski definition) is 4. The zero-order chi connectivity index (χ0) is 14.4. The molecular formula is C16H22O4. The van der Waals surface area contributed by atoms with Gasteiger partial charge in [0, 0.05) is 12.3 Å². The van der Waals surface area contributed by atoms with Gasteiger partial charge < -0.3 is 14.2 Å². The van der Waals surface area contributed by atoms with Crippen LogP contribution in [0.15, 0.2) is 18.2 Å². The number of hydrogen-bond donors (Lipinski definition) is 0. The molecular weight excluding hydrogens is 256 g/mol. The van der Waals surface area contributed by atoms with Crippen LogP contribution in [0.4, 0.5) is 0 Å². The maximum Gasteiger partial charge on any atom is 0.203 e. The molecule has 4 heteroatoms. The van der Waals surface area contributed by atoms with Crippen LogP contribution in [0.2, 0.25) is 0 Å². The van der Waals surface area contributed by atoms with E-state index in [4.69, 9.17) is 14.2 Å². The van der Waals surface area contributed by atoms with E-state index in [9.17, 15) is 4.79 Å². The summed E-state index contributed by atoms with van der Waals surface area (Å²) < 4.78 is 16.2. The van der Waals surface area contributed by atoms with E-state index in [1.54, 1.807) is 14.2 Å². The zero-order valence-electron chi connectivity index (χ0n) is 12.2. The van der Waals surface area contributed by atoms with Gasteiger partial charge in [0.05, 0.1) is 20.8 Å². The van der Waals surface area contributed by atoms with Crippen molar-refractivity contribution in [3.8, 4) is 17.2 Å². The first kappa shape index (κ1) is 14.7. The number of ketones is 1. The Morgan fingerprint density at radius 2 is 1.75 bits per heavy atom. The van der Waals surface area contributed by atoms with E-state index in [2.05, 4.69) is 0 Å². The van der Waals surface area contributed by atoms with Crippen LogP contribution in [0.5, 0.6) is 17.2 Å². The summed E-state index contributed by atoms with van der Waals surface area (Å²) in [5.74, 6) is 2.38. The minimum atomic E-state index is 0.248. The Hall–Kier alpha value is -1.71. The fraction of sp³-hybridized carbons (Fsp3) is 0.562. The van der Waals surface area contributed by atoms with Gasteiger partial charge in [0.25, 0.3) is 0 Å². The lowest BCUT2D eigenvalue weighted by molar-refractivity contribution is -0.123. The molecule has 0 bridgehead atoms.